The van der Waals surface area contributed by atoms with Crippen LogP contribution in [0.3, 0.4) is 0 Å². The zero-order valence-corrected chi connectivity index (χ0v) is 16.9. The highest BCUT2D eigenvalue weighted by molar-refractivity contribution is 7.10. The number of amides is 2. The third-order valence-corrected chi connectivity index (χ3v) is 5.91. The number of nitrogens with one attached hydrogen (secondary N) is 1. The van der Waals surface area contributed by atoms with Gasteiger partial charge in [0.25, 0.3) is 5.91 Å². The van der Waals surface area contributed by atoms with Crippen molar-refractivity contribution < 1.29 is 18.8 Å². The molecule has 0 spiro atoms. The van der Waals surface area contributed by atoms with E-state index in [1.807, 2.05) is 35.7 Å². The number of hydrogen-bond donors (Lipinski definition) is 1. The van der Waals surface area contributed by atoms with E-state index < -0.39 is 12.0 Å². The summed E-state index contributed by atoms with van der Waals surface area (Å²) in [6.07, 6.45) is 0. The fraction of sp³-hybridized carbons (Fsp3) is 0.286. The van der Waals surface area contributed by atoms with Crippen LogP contribution in [-0.4, -0.2) is 42.1 Å². The minimum Gasteiger partial charge on any atom is -0.383 e. The van der Waals surface area contributed by atoms with Crippen LogP contribution in [0.4, 0.5) is 5.88 Å². The molecule has 150 valence electrons. The maximum atomic E-state index is 13.4. The summed E-state index contributed by atoms with van der Waals surface area (Å²) in [6.45, 7) is 2.55. The average molecular weight is 411 g/mol. The number of methoxy groups -OCH3 is 1. The SMILES string of the molecule is COCCN1C(=O)c2ccccc2C(C(=O)Nc2cc(C)no2)C1c1cccs1. The Labute approximate surface area is 172 Å². The molecule has 3 aromatic rings. The summed E-state index contributed by atoms with van der Waals surface area (Å²) < 4.78 is 10.4. The van der Waals surface area contributed by atoms with E-state index in [2.05, 4.69) is 10.5 Å². The summed E-state index contributed by atoms with van der Waals surface area (Å²) in [6, 6.07) is 12.4. The molecule has 4 rings (SSSR count). The number of benzene rings is 1. The van der Waals surface area contributed by atoms with Gasteiger partial charge in [-0.2, -0.15) is 0 Å². The number of nitrogens with zero attached hydrogens (tertiary/aromatic N) is 2. The van der Waals surface area contributed by atoms with E-state index in [1.165, 1.54) is 11.3 Å². The molecule has 0 aliphatic carbocycles. The standard InChI is InChI=1S/C21H21N3O4S/c1-13-12-17(28-23-13)22-20(25)18-14-6-3-4-7-15(14)21(26)24(9-10-27-2)19(18)16-8-5-11-29-16/h3-8,11-12,18-19H,9-10H2,1-2H3,(H,22,25). The van der Waals surface area contributed by atoms with Gasteiger partial charge < -0.3 is 14.2 Å². The molecule has 2 aromatic heterocycles. The molecule has 0 radical (unpaired) electrons. The Morgan fingerprint density at radius 1 is 1.31 bits per heavy atom. The number of fused-ring (bicyclic) bond motifs is 1. The van der Waals surface area contributed by atoms with Crippen LogP contribution < -0.4 is 5.32 Å². The highest BCUT2D eigenvalue weighted by atomic mass is 32.1. The van der Waals surface area contributed by atoms with Gasteiger partial charge in [0.2, 0.25) is 11.8 Å². The first kappa shape index (κ1) is 19.4. The molecule has 2 amide bonds. The molecular formula is C21H21N3O4S. The Kier molecular flexibility index (Phi) is 5.46. The number of thiophene rings is 1. The van der Waals surface area contributed by atoms with Gasteiger partial charge in [-0.3, -0.25) is 14.9 Å². The zero-order chi connectivity index (χ0) is 20.4. The van der Waals surface area contributed by atoms with Crippen molar-refractivity contribution in [2.24, 2.45) is 0 Å². The molecule has 0 saturated carbocycles. The van der Waals surface area contributed by atoms with Crippen LogP contribution >= 0.6 is 11.3 Å². The third kappa shape index (κ3) is 3.68. The summed E-state index contributed by atoms with van der Waals surface area (Å²) in [5, 5.41) is 8.60. The van der Waals surface area contributed by atoms with Gasteiger partial charge in [0, 0.05) is 30.2 Å². The first-order valence-electron chi connectivity index (χ1n) is 9.26. The fourth-order valence-corrected chi connectivity index (χ4v) is 4.58. The largest absolute Gasteiger partial charge is 0.383 e. The molecular weight excluding hydrogens is 390 g/mol. The van der Waals surface area contributed by atoms with Gasteiger partial charge in [0.15, 0.2) is 0 Å². The normalized spacial score (nSPS) is 18.6. The fourth-order valence-electron chi connectivity index (χ4n) is 3.71. The second-order valence-electron chi connectivity index (χ2n) is 6.84. The predicted molar refractivity (Wildman–Crippen MR) is 109 cm³/mol. The first-order chi connectivity index (χ1) is 14.1. The summed E-state index contributed by atoms with van der Waals surface area (Å²) >= 11 is 1.52. The summed E-state index contributed by atoms with van der Waals surface area (Å²) in [7, 11) is 1.60. The number of anilines is 1. The van der Waals surface area contributed by atoms with E-state index >= 15 is 0 Å². The summed E-state index contributed by atoms with van der Waals surface area (Å²) in [4.78, 5) is 29.4. The molecule has 2 atom stereocenters. The van der Waals surface area contributed by atoms with Crippen molar-refractivity contribution in [3.05, 3.63) is 69.5 Å². The minimum atomic E-state index is -0.593. The van der Waals surface area contributed by atoms with Crippen LogP contribution in [0.5, 0.6) is 0 Å². The molecule has 2 unspecified atom stereocenters. The van der Waals surface area contributed by atoms with Gasteiger partial charge in [0.1, 0.15) is 0 Å². The lowest BCUT2D eigenvalue weighted by Crippen LogP contribution is -2.47. The molecule has 29 heavy (non-hydrogen) atoms. The number of carbonyl (C=O) groups is 2. The Bertz CT molecular complexity index is 1010. The smallest absolute Gasteiger partial charge is 0.254 e. The summed E-state index contributed by atoms with van der Waals surface area (Å²) in [5.74, 6) is -0.655. The van der Waals surface area contributed by atoms with Crippen molar-refractivity contribution in [1.29, 1.82) is 0 Å². The minimum absolute atomic E-state index is 0.101. The van der Waals surface area contributed by atoms with E-state index in [9.17, 15) is 9.59 Å². The molecule has 7 nitrogen and oxygen atoms in total. The number of aromatic nitrogens is 1. The highest BCUT2D eigenvalue weighted by Crippen LogP contribution is 2.44. The van der Waals surface area contributed by atoms with Gasteiger partial charge >= 0.3 is 0 Å². The van der Waals surface area contributed by atoms with E-state index in [1.54, 1.807) is 31.1 Å². The third-order valence-electron chi connectivity index (χ3n) is 4.97. The van der Waals surface area contributed by atoms with E-state index in [0.29, 0.717) is 30.0 Å². The van der Waals surface area contributed by atoms with E-state index in [4.69, 9.17) is 9.26 Å². The quantitative estimate of drug-likeness (QED) is 0.670. The van der Waals surface area contributed by atoms with Crippen molar-refractivity contribution in [2.75, 3.05) is 25.6 Å². The Morgan fingerprint density at radius 2 is 2.14 bits per heavy atom. The van der Waals surface area contributed by atoms with E-state index in [0.717, 1.165) is 4.88 Å². The lowest BCUT2D eigenvalue weighted by molar-refractivity contribution is -0.119. The average Bonchev–Trinajstić information content (AvgIpc) is 3.39. The molecule has 1 N–H and O–H groups in total. The monoisotopic (exact) mass is 411 g/mol. The van der Waals surface area contributed by atoms with Crippen molar-refractivity contribution in [3.8, 4) is 0 Å². The van der Waals surface area contributed by atoms with Crippen molar-refractivity contribution in [1.82, 2.24) is 10.1 Å². The number of aryl methyl sites for hydroxylation is 1. The Morgan fingerprint density at radius 3 is 2.83 bits per heavy atom. The first-order valence-corrected chi connectivity index (χ1v) is 10.1. The van der Waals surface area contributed by atoms with Gasteiger partial charge in [-0.15, -0.1) is 11.3 Å². The van der Waals surface area contributed by atoms with Gasteiger partial charge in [-0.1, -0.05) is 29.4 Å². The molecule has 0 saturated heterocycles. The van der Waals surface area contributed by atoms with Crippen LogP contribution in [-0.2, 0) is 9.53 Å². The molecule has 0 fully saturated rings. The van der Waals surface area contributed by atoms with Crippen molar-refractivity contribution >= 4 is 29.0 Å². The number of carbonyl (C=O) groups excluding carboxylic acids is 2. The Balaban J connectivity index is 1.80. The van der Waals surface area contributed by atoms with Crippen molar-refractivity contribution in [3.63, 3.8) is 0 Å². The summed E-state index contributed by atoms with van der Waals surface area (Å²) in [5.41, 5.74) is 1.92. The molecule has 8 heteroatoms. The van der Waals surface area contributed by atoms with Gasteiger partial charge in [-0.05, 0) is 30.0 Å². The lowest BCUT2D eigenvalue weighted by atomic mass is 9.81. The number of hydrogen-bond acceptors (Lipinski definition) is 6. The molecule has 0 bridgehead atoms. The Hall–Kier alpha value is -2.97. The van der Waals surface area contributed by atoms with Gasteiger partial charge in [-0.25, -0.2) is 0 Å². The maximum Gasteiger partial charge on any atom is 0.254 e. The highest BCUT2D eigenvalue weighted by Gasteiger charge is 2.44. The second kappa shape index (κ2) is 8.18. The molecule has 3 heterocycles. The van der Waals surface area contributed by atoms with Crippen molar-refractivity contribution in [2.45, 2.75) is 18.9 Å². The molecule has 1 aliphatic rings. The van der Waals surface area contributed by atoms with Crippen LogP contribution in [0, 0.1) is 6.92 Å². The molecule has 1 aromatic carbocycles. The predicted octanol–water partition coefficient (Wildman–Crippen LogP) is 3.61. The lowest BCUT2D eigenvalue weighted by Gasteiger charge is -2.41. The van der Waals surface area contributed by atoms with E-state index in [-0.39, 0.29) is 17.7 Å². The molecule has 1 aliphatic heterocycles. The zero-order valence-electron chi connectivity index (χ0n) is 16.1. The van der Waals surface area contributed by atoms with Crippen LogP contribution in [0.1, 0.15) is 38.5 Å². The van der Waals surface area contributed by atoms with Gasteiger partial charge in [0.05, 0.1) is 24.3 Å². The van der Waals surface area contributed by atoms with Crippen LogP contribution in [0.25, 0.3) is 0 Å². The number of rotatable bonds is 6. The number of ether oxygens (including phenoxy) is 1. The van der Waals surface area contributed by atoms with Crippen LogP contribution in [0.2, 0.25) is 0 Å². The van der Waals surface area contributed by atoms with Crippen LogP contribution in [0.15, 0.2) is 52.4 Å². The topological polar surface area (TPSA) is 84.7 Å². The maximum absolute atomic E-state index is 13.4. The second-order valence-corrected chi connectivity index (χ2v) is 7.82.